The van der Waals surface area contributed by atoms with E-state index in [1.807, 2.05) is 13.8 Å². The predicted molar refractivity (Wildman–Crippen MR) is 87.3 cm³/mol. The molecular formula is C18H28N2O. The molecule has 0 fully saturated rings. The van der Waals surface area contributed by atoms with Crippen molar-refractivity contribution in [1.29, 1.82) is 5.26 Å². The molecule has 0 unspecified atom stereocenters. The minimum Gasteiger partial charge on any atom is -0.493 e. The second-order valence-electron chi connectivity index (χ2n) is 6.19. The lowest BCUT2D eigenvalue weighted by molar-refractivity contribution is 0.280. The van der Waals surface area contributed by atoms with Gasteiger partial charge >= 0.3 is 0 Å². The highest BCUT2D eigenvalue weighted by atomic mass is 16.5. The molecule has 1 aromatic carbocycles. The van der Waals surface area contributed by atoms with E-state index in [2.05, 4.69) is 43.4 Å². The summed E-state index contributed by atoms with van der Waals surface area (Å²) < 4.78 is 5.99. The summed E-state index contributed by atoms with van der Waals surface area (Å²) in [4.78, 5) is 0. The van der Waals surface area contributed by atoms with Gasteiger partial charge in [0.25, 0.3) is 0 Å². The minimum atomic E-state index is -0.263. The Hall–Kier alpha value is -1.53. The van der Waals surface area contributed by atoms with Gasteiger partial charge in [-0.15, -0.1) is 0 Å². The van der Waals surface area contributed by atoms with Crippen LogP contribution in [0.25, 0.3) is 0 Å². The molecule has 0 saturated heterocycles. The average molecular weight is 288 g/mol. The zero-order valence-corrected chi connectivity index (χ0v) is 13.8. The summed E-state index contributed by atoms with van der Waals surface area (Å²) in [5.41, 5.74) is 2.12. The molecule has 1 N–H and O–H groups in total. The third-order valence-corrected chi connectivity index (χ3v) is 3.53. The Labute approximate surface area is 129 Å². The zero-order chi connectivity index (χ0) is 15.7. The highest BCUT2D eigenvalue weighted by Crippen LogP contribution is 2.25. The van der Waals surface area contributed by atoms with Gasteiger partial charge < -0.3 is 10.1 Å². The van der Waals surface area contributed by atoms with E-state index in [1.165, 1.54) is 11.1 Å². The molecule has 21 heavy (non-hydrogen) atoms. The monoisotopic (exact) mass is 288 g/mol. The summed E-state index contributed by atoms with van der Waals surface area (Å²) in [7, 11) is 0. The topological polar surface area (TPSA) is 45.0 Å². The summed E-state index contributed by atoms with van der Waals surface area (Å²) in [6.07, 6.45) is 2.89. The Morgan fingerprint density at radius 3 is 2.76 bits per heavy atom. The minimum absolute atomic E-state index is 0.263. The standard InChI is InChI=1S/C18H28N2O/c1-5-11-20-13-16-9-6-8-15(2)17(16)21-12-7-10-18(3,4)14-19/h6,8-9,20H,5,7,10-13H2,1-4H3. The fourth-order valence-corrected chi connectivity index (χ4v) is 2.20. The van der Waals surface area contributed by atoms with Gasteiger partial charge in [0.2, 0.25) is 0 Å². The van der Waals surface area contributed by atoms with Crippen molar-refractivity contribution in [3.05, 3.63) is 29.3 Å². The van der Waals surface area contributed by atoms with Crippen molar-refractivity contribution in [2.45, 2.75) is 53.5 Å². The van der Waals surface area contributed by atoms with Crippen LogP contribution in [-0.4, -0.2) is 13.2 Å². The van der Waals surface area contributed by atoms with Crippen molar-refractivity contribution in [3.63, 3.8) is 0 Å². The number of rotatable bonds is 9. The van der Waals surface area contributed by atoms with Crippen molar-refractivity contribution >= 4 is 0 Å². The number of nitrogens with zero attached hydrogens (tertiary/aromatic N) is 1. The van der Waals surface area contributed by atoms with Gasteiger partial charge in [-0.3, -0.25) is 0 Å². The number of hydrogen-bond donors (Lipinski definition) is 1. The number of aryl methyl sites for hydroxylation is 1. The highest BCUT2D eigenvalue weighted by molar-refractivity contribution is 5.40. The molecule has 1 rings (SSSR count). The molecule has 0 bridgehead atoms. The fraction of sp³-hybridized carbons (Fsp3) is 0.611. The van der Waals surface area contributed by atoms with Crippen LogP contribution >= 0.6 is 0 Å². The van der Waals surface area contributed by atoms with Crippen LogP contribution < -0.4 is 10.1 Å². The van der Waals surface area contributed by atoms with E-state index >= 15 is 0 Å². The van der Waals surface area contributed by atoms with Crippen molar-refractivity contribution in [3.8, 4) is 11.8 Å². The lowest BCUT2D eigenvalue weighted by atomic mass is 9.90. The normalized spacial score (nSPS) is 11.2. The van der Waals surface area contributed by atoms with E-state index in [0.717, 1.165) is 38.1 Å². The molecule has 116 valence electrons. The number of nitrogens with one attached hydrogen (secondary N) is 1. The summed E-state index contributed by atoms with van der Waals surface area (Å²) in [5, 5.41) is 12.4. The zero-order valence-electron chi connectivity index (χ0n) is 13.8. The molecule has 0 aromatic heterocycles. The van der Waals surface area contributed by atoms with Crippen LogP contribution in [0.15, 0.2) is 18.2 Å². The molecule has 1 aromatic rings. The third kappa shape index (κ3) is 6.18. The summed E-state index contributed by atoms with van der Waals surface area (Å²) in [5.74, 6) is 0.996. The Balaban J connectivity index is 2.55. The van der Waals surface area contributed by atoms with E-state index in [9.17, 15) is 0 Å². The van der Waals surface area contributed by atoms with Crippen LogP contribution in [-0.2, 0) is 6.54 Å². The third-order valence-electron chi connectivity index (χ3n) is 3.53. The second kappa shape index (κ2) is 8.69. The number of benzene rings is 1. The Kier molecular flexibility index (Phi) is 7.25. The number of nitriles is 1. The first-order valence-corrected chi connectivity index (χ1v) is 7.83. The van der Waals surface area contributed by atoms with Crippen LogP contribution in [0, 0.1) is 23.7 Å². The quantitative estimate of drug-likeness (QED) is 0.692. The van der Waals surface area contributed by atoms with Crippen LogP contribution in [0.3, 0.4) is 0 Å². The molecule has 0 saturated carbocycles. The second-order valence-corrected chi connectivity index (χ2v) is 6.19. The van der Waals surface area contributed by atoms with Crippen molar-refractivity contribution < 1.29 is 4.74 Å². The molecule has 3 heteroatoms. The molecule has 0 aliphatic heterocycles. The number of para-hydroxylation sites is 1. The summed E-state index contributed by atoms with van der Waals surface area (Å²) in [6, 6.07) is 8.60. The maximum Gasteiger partial charge on any atom is 0.126 e. The molecule has 0 atom stereocenters. The number of hydrogen-bond acceptors (Lipinski definition) is 3. The summed E-state index contributed by atoms with van der Waals surface area (Å²) >= 11 is 0. The van der Waals surface area contributed by atoms with Crippen molar-refractivity contribution in [2.24, 2.45) is 5.41 Å². The lowest BCUT2D eigenvalue weighted by Gasteiger charge is -2.17. The van der Waals surface area contributed by atoms with Gasteiger partial charge in [0.15, 0.2) is 0 Å². The molecule has 0 spiro atoms. The van der Waals surface area contributed by atoms with Crippen LogP contribution in [0.4, 0.5) is 0 Å². The largest absolute Gasteiger partial charge is 0.493 e. The first-order chi connectivity index (χ1) is 10.00. The van der Waals surface area contributed by atoms with Gasteiger partial charge in [0.05, 0.1) is 18.1 Å². The first-order valence-electron chi connectivity index (χ1n) is 7.83. The Bertz CT molecular complexity index is 475. The van der Waals surface area contributed by atoms with Gasteiger partial charge in [-0.1, -0.05) is 25.1 Å². The van der Waals surface area contributed by atoms with Gasteiger partial charge in [-0.05, 0) is 52.1 Å². The first kappa shape index (κ1) is 17.5. The van der Waals surface area contributed by atoms with Gasteiger partial charge in [-0.2, -0.15) is 5.26 Å². The molecule has 0 radical (unpaired) electrons. The highest BCUT2D eigenvalue weighted by Gasteiger charge is 2.16. The Morgan fingerprint density at radius 1 is 1.33 bits per heavy atom. The fourth-order valence-electron chi connectivity index (χ4n) is 2.20. The molecular weight excluding hydrogens is 260 g/mol. The predicted octanol–water partition coefficient (Wildman–Crippen LogP) is 4.20. The van der Waals surface area contributed by atoms with Crippen LogP contribution in [0.1, 0.15) is 51.2 Å². The molecule has 0 heterocycles. The average Bonchev–Trinajstić information content (AvgIpc) is 2.46. The van der Waals surface area contributed by atoms with E-state index < -0.39 is 0 Å². The molecule has 0 aliphatic carbocycles. The number of ether oxygens (including phenoxy) is 1. The van der Waals surface area contributed by atoms with Gasteiger partial charge in [-0.25, -0.2) is 0 Å². The van der Waals surface area contributed by atoms with Crippen LogP contribution in [0.2, 0.25) is 0 Å². The Morgan fingerprint density at radius 2 is 2.10 bits per heavy atom. The van der Waals surface area contributed by atoms with Crippen molar-refractivity contribution in [1.82, 2.24) is 5.32 Å². The molecule has 0 amide bonds. The van der Waals surface area contributed by atoms with E-state index in [4.69, 9.17) is 10.00 Å². The molecule has 0 aliphatic rings. The van der Waals surface area contributed by atoms with E-state index in [0.29, 0.717) is 6.61 Å². The summed E-state index contributed by atoms with van der Waals surface area (Å²) in [6.45, 7) is 10.7. The smallest absolute Gasteiger partial charge is 0.126 e. The SMILES string of the molecule is CCCNCc1cccc(C)c1OCCCC(C)(C)C#N. The van der Waals surface area contributed by atoms with E-state index in [-0.39, 0.29) is 5.41 Å². The van der Waals surface area contributed by atoms with Gasteiger partial charge in [0, 0.05) is 12.1 Å². The lowest BCUT2D eigenvalue weighted by Crippen LogP contribution is -2.15. The van der Waals surface area contributed by atoms with Crippen LogP contribution in [0.5, 0.6) is 5.75 Å². The molecule has 3 nitrogen and oxygen atoms in total. The maximum absolute atomic E-state index is 9.02. The van der Waals surface area contributed by atoms with Gasteiger partial charge in [0.1, 0.15) is 5.75 Å². The van der Waals surface area contributed by atoms with Crippen molar-refractivity contribution in [2.75, 3.05) is 13.2 Å². The van der Waals surface area contributed by atoms with E-state index in [1.54, 1.807) is 0 Å². The maximum atomic E-state index is 9.02.